The molecule has 3 aliphatic heterocycles. The van der Waals surface area contributed by atoms with E-state index in [1.54, 1.807) is 36.4 Å². The van der Waals surface area contributed by atoms with Crippen LogP contribution in [0.1, 0.15) is 12.0 Å². The summed E-state index contributed by atoms with van der Waals surface area (Å²) >= 11 is 0. The highest BCUT2D eigenvalue weighted by molar-refractivity contribution is 6.26. The first-order valence-corrected chi connectivity index (χ1v) is 10.8. The molecule has 0 aliphatic carbocycles. The number of amides is 4. The number of nitrogens with one attached hydrogen (secondary N) is 2. The van der Waals surface area contributed by atoms with Gasteiger partial charge in [0.1, 0.15) is 5.54 Å². The number of benzene rings is 3. The van der Waals surface area contributed by atoms with Gasteiger partial charge in [0.2, 0.25) is 23.6 Å². The lowest BCUT2D eigenvalue weighted by Gasteiger charge is -2.29. The van der Waals surface area contributed by atoms with Crippen molar-refractivity contribution in [1.29, 1.82) is 0 Å². The average molecular weight is 440 g/mol. The van der Waals surface area contributed by atoms with E-state index in [1.807, 2.05) is 30.3 Å². The molecule has 6 rings (SSSR count). The molecule has 4 N–H and O–H groups in total. The summed E-state index contributed by atoms with van der Waals surface area (Å²) in [5.41, 5.74) is 5.65. The number of anilines is 2. The van der Waals surface area contributed by atoms with Crippen LogP contribution in [0.3, 0.4) is 0 Å². The quantitative estimate of drug-likeness (QED) is 0.535. The SMILES string of the molecule is NC(=O)CC1NC2(C(=O)Nc3ccccc32)C2C(=O)N(c3ccc4ccccc4c3)C(=O)C12. The molecule has 0 bridgehead atoms. The zero-order chi connectivity index (χ0) is 22.9. The lowest BCUT2D eigenvalue weighted by Crippen LogP contribution is -2.53. The van der Waals surface area contributed by atoms with Gasteiger partial charge in [-0.15, -0.1) is 0 Å². The van der Waals surface area contributed by atoms with Gasteiger partial charge < -0.3 is 11.1 Å². The van der Waals surface area contributed by atoms with Crippen LogP contribution in [-0.4, -0.2) is 29.7 Å². The van der Waals surface area contributed by atoms with E-state index < -0.39 is 47.0 Å². The van der Waals surface area contributed by atoms with Crippen molar-refractivity contribution in [2.45, 2.75) is 18.0 Å². The van der Waals surface area contributed by atoms with Crippen LogP contribution >= 0.6 is 0 Å². The number of para-hydroxylation sites is 1. The van der Waals surface area contributed by atoms with E-state index in [-0.39, 0.29) is 6.42 Å². The summed E-state index contributed by atoms with van der Waals surface area (Å²) in [5, 5.41) is 7.89. The molecule has 4 amide bonds. The second kappa shape index (κ2) is 6.73. The summed E-state index contributed by atoms with van der Waals surface area (Å²) in [6.07, 6.45) is -0.164. The van der Waals surface area contributed by atoms with E-state index in [2.05, 4.69) is 10.6 Å². The van der Waals surface area contributed by atoms with Crippen molar-refractivity contribution in [1.82, 2.24) is 5.32 Å². The number of hydrogen-bond acceptors (Lipinski definition) is 5. The van der Waals surface area contributed by atoms with Gasteiger partial charge in [0.25, 0.3) is 0 Å². The van der Waals surface area contributed by atoms with Gasteiger partial charge in [0.15, 0.2) is 0 Å². The molecule has 8 nitrogen and oxygen atoms in total. The highest BCUT2D eigenvalue weighted by Crippen LogP contribution is 2.53. The molecule has 33 heavy (non-hydrogen) atoms. The van der Waals surface area contributed by atoms with E-state index in [1.165, 1.54) is 0 Å². The summed E-state index contributed by atoms with van der Waals surface area (Å²) < 4.78 is 0. The molecular weight excluding hydrogens is 420 g/mol. The topological polar surface area (TPSA) is 122 Å². The number of carbonyl (C=O) groups is 4. The van der Waals surface area contributed by atoms with E-state index in [0.29, 0.717) is 16.9 Å². The van der Waals surface area contributed by atoms with Crippen molar-refractivity contribution in [3.05, 3.63) is 72.3 Å². The number of carbonyl (C=O) groups excluding carboxylic acids is 4. The van der Waals surface area contributed by atoms with Crippen LogP contribution in [0.2, 0.25) is 0 Å². The molecule has 4 atom stereocenters. The molecule has 3 aromatic rings. The Morgan fingerprint density at radius 1 is 0.939 bits per heavy atom. The summed E-state index contributed by atoms with van der Waals surface area (Å²) in [6.45, 7) is 0. The highest BCUT2D eigenvalue weighted by Gasteiger charge is 2.70. The Balaban J connectivity index is 1.51. The fourth-order valence-corrected chi connectivity index (χ4v) is 5.72. The summed E-state index contributed by atoms with van der Waals surface area (Å²) in [5.74, 6) is -3.82. The normalized spacial score (nSPS) is 27.8. The molecule has 8 heteroatoms. The van der Waals surface area contributed by atoms with E-state index in [0.717, 1.165) is 15.7 Å². The zero-order valence-corrected chi connectivity index (χ0v) is 17.4. The summed E-state index contributed by atoms with van der Waals surface area (Å²) in [4.78, 5) is 53.8. The van der Waals surface area contributed by atoms with E-state index in [9.17, 15) is 19.2 Å². The van der Waals surface area contributed by atoms with Crippen molar-refractivity contribution in [2.75, 3.05) is 10.2 Å². The molecule has 4 unspecified atom stereocenters. The second-order valence-electron chi connectivity index (χ2n) is 8.78. The van der Waals surface area contributed by atoms with Gasteiger partial charge in [0, 0.05) is 23.7 Å². The Kier molecular flexibility index (Phi) is 4.00. The number of imide groups is 1. The standard InChI is InChI=1S/C25H20N4O4/c26-19(30)12-18-20-21(25(28-18)16-7-3-4-8-17(16)27-24(25)33)23(32)29(22(20)31)15-10-9-13-5-1-2-6-14(13)11-15/h1-11,18,20-21,28H,12H2,(H2,26,30)(H,27,33). The molecule has 0 aromatic heterocycles. The highest BCUT2D eigenvalue weighted by atomic mass is 16.2. The lowest BCUT2D eigenvalue weighted by molar-refractivity contribution is -0.130. The van der Waals surface area contributed by atoms with Gasteiger partial charge in [-0.1, -0.05) is 48.5 Å². The monoisotopic (exact) mass is 440 g/mol. The largest absolute Gasteiger partial charge is 0.370 e. The average Bonchev–Trinajstić information content (AvgIpc) is 3.37. The number of fused-ring (bicyclic) bond motifs is 5. The smallest absolute Gasteiger partial charge is 0.250 e. The predicted molar refractivity (Wildman–Crippen MR) is 121 cm³/mol. The number of rotatable bonds is 3. The summed E-state index contributed by atoms with van der Waals surface area (Å²) in [6, 6.07) is 19.4. The van der Waals surface area contributed by atoms with Crippen molar-refractivity contribution < 1.29 is 19.2 Å². The van der Waals surface area contributed by atoms with Crippen LogP contribution in [0.5, 0.6) is 0 Å². The Labute approximate surface area is 188 Å². The Morgan fingerprint density at radius 3 is 2.45 bits per heavy atom. The van der Waals surface area contributed by atoms with Crippen molar-refractivity contribution in [3.8, 4) is 0 Å². The van der Waals surface area contributed by atoms with Crippen LogP contribution in [0.25, 0.3) is 10.8 Å². The third-order valence-electron chi connectivity index (χ3n) is 7.03. The summed E-state index contributed by atoms with van der Waals surface area (Å²) in [7, 11) is 0. The first-order valence-electron chi connectivity index (χ1n) is 10.8. The number of nitrogens with two attached hydrogens (primary N) is 1. The fourth-order valence-electron chi connectivity index (χ4n) is 5.72. The van der Waals surface area contributed by atoms with Crippen molar-refractivity contribution in [3.63, 3.8) is 0 Å². The van der Waals surface area contributed by atoms with Crippen molar-refractivity contribution in [2.24, 2.45) is 17.6 Å². The van der Waals surface area contributed by atoms with Gasteiger partial charge in [-0.2, -0.15) is 0 Å². The molecule has 164 valence electrons. The molecule has 1 spiro atoms. The van der Waals surface area contributed by atoms with Crippen LogP contribution in [0, 0.1) is 11.8 Å². The molecule has 0 saturated carbocycles. The molecule has 2 fully saturated rings. The maximum absolute atomic E-state index is 13.9. The Morgan fingerprint density at radius 2 is 1.67 bits per heavy atom. The molecule has 3 aliphatic rings. The molecule has 2 saturated heterocycles. The molecular formula is C25H20N4O4. The molecule has 0 radical (unpaired) electrons. The fraction of sp³-hybridized carbons (Fsp3) is 0.200. The minimum Gasteiger partial charge on any atom is -0.370 e. The third-order valence-corrected chi connectivity index (χ3v) is 7.03. The van der Waals surface area contributed by atoms with Gasteiger partial charge in [-0.05, 0) is 29.0 Å². The lowest BCUT2D eigenvalue weighted by atomic mass is 9.76. The first kappa shape index (κ1) is 19.6. The number of hydrogen-bond donors (Lipinski definition) is 3. The van der Waals surface area contributed by atoms with Crippen LogP contribution in [0.15, 0.2) is 66.7 Å². The van der Waals surface area contributed by atoms with Gasteiger partial charge in [-0.3, -0.25) is 24.5 Å². The predicted octanol–water partition coefficient (Wildman–Crippen LogP) is 1.64. The minimum absolute atomic E-state index is 0.164. The van der Waals surface area contributed by atoms with Crippen molar-refractivity contribution >= 4 is 45.8 Å². The number of primary amides is 1. The Hall–Kier alpha value is -4.04. The van der Waals surface area contributed by atoms with E-state index in [4.69, 9.17) is 5.73 Å². The third kappa shape index (κ3) is 2.55. The number of nitrogens with zero attached hydrogens (tertiary/aromatic N) is 1. The van der Waals surface area contributed by atoms with Crippen LogP contribution in [-0.2, 0) is 24.7 Å². The zero-order valence-electron chi connectivity index (χ0n) is 17.4. The molecule has 3 heterocycles. The van der Waals surface area contributed by atoms with Crippen LogP contribution < -0.4 is 21.3 Å². The van der Waals surface area contributed by atoms with Crippen LogP contribution in [0.4, 0.5) is 11.4 Å². The Bertz CT molecular complexity index is 1390. The van der Waals surface area contributed by atoms with Gasteiger partial charge in [0.05, 0.1) is 17.5 Å². The van der Waals surface area contributed by atoms with E-state index >= 15 is 0 Å². The second-order valence-corrected chi connectivity index (χ2v) is 8.78. The first-order chi connectivity index (χ1) is 15.9. The maximum atomic E-state index is 13.9. The molecule has 3 aromatic carbocycles. The van der Waals surface area contributed by atoms with Gasteiger partial charge >= 0.3 is 0 Å². The maximum Gasteiger partial charge on any atom is 0.250 e. The van der Waals surface area contributed by atoms with Gasteiger partial charge in [-0.25, -0.2) is 4.90 Å². The minimum atomic E-state index is -1.44.